The number of carbonyl (C=O) groups is 1. The summed E-state index contributed by atoms with van der Waals surface area (Å²) in [6, 6.07) is 10.3. The van der Waals surface area contributed by atoms with E-state index in [2.05, 4.69) is 62.9 Å². The first-order valence-corrected chi connectivity index (χ1v) is 12.2. The Morgan fingerprint density at radius 1 is 1.09 bits per heavy atom. The van der Waals surface area contributed by atoms with Crippen LogP contribution >= 0.6 is 0 Å². The normalized spacial score (nSPS) is 19.9. The third kappa shape index (κ3) is 4.65. The summed E-state index contributed by atoms with van der Waals surface area (Å²) in [6.07, 6.45) is 11.5. The fourth-order valence-electron chi connectivity index (χ4n) is 5.23. The van der Waals surface area contributed by atoms with Crippen molar-refractivity contribution in [1.82, 2.24) is 24.8 Å². The molecule has 5 rings (SSSR count). The maximum atomic E-state index is 13.8. The van der Waals surface area contributed by atoms with Crippen LogP contribution in [0.3, 0.4) is 0 Å². The Kier molecular flexibility index (Phi) is 6.26. The molecule has 1 aromatic carbocycles. The van der Waals surface area contributed by atoms with Gasteiger partial charge in [-0.05, 0) is 44.2 Å². The Bertz CT molecular complexity index is 1140. The Labute approximate surface area is 201 Å². The minimum Gasteiger partial charge on any atom is -0.341 e. The van der Waals surface area contributed by atoms with Crippen molar-refractivity contribution in [3.05, 3.63) is 77.6 Å². The highest BCUT2D eigenvalue weighted by molar-refractivity contribution is 5.83. The lowest BCUT2D eigenvalue weighted by molar-refractivity contribution is -0.143. The molecule has 176 valence electrons. The number of amides is 1. The van der Waals surface area contributed by atoms with Gasteiger partial charge in [0.25, 0.3) is 0 Å². The molecule has 0 bridgehead atoms. The van der Waals surface area contributed by atoms with Gasteiger partial charge in [0.05, 0.1) is 23.6 Å². The maximum absolute atomic E-state index is 13.8. The number of carbonyl (C=O) groups excluding carboxylic acids is 1. The first kappa shape index (κ1) is 22.4. The molecule has 1 unspecified atom stereocenters. The number of hydrogen-bond acceptors (Lipinski definition) is 6. The maximum Gasteiger partial charge on any atom is 0.229 e. The molecule has 1 atom stereocenters. The summed E-state index contributed by atoms with van der Waals surface area (Å²) < 4.78 is 0. The Balaban J connectivity index is 1.29. The molecule has 2 fully saturated rings. The van der Waals surface area contributed by atoms with Crippen LogP contribution in [0.1, 0.15) is 61.2 Å². The smallest absolute Gasteiger partial charge is 0.229 e. The molecule has 2 saturated heterocycles. The predicted molar refractivity (Wildman–Crippen MR) is 131 cm³/mol. The van der Waals surface area contributed by atoms with Crippen LogP contribution in [-0.4, -0.2) is 50.4 Å². The van der Waals surface area contributed by atoms with E-state index in [0.29, 0.717) is 0 Å². The molecular weight excluding hydrogens is 424 g/mol. The van der Waals surface area contributed by atoms with Crippen LogP contribution in [0.15, 0.2) is 55.1 Å². The zero-order valence-electron chi connectivity index (χ0n) is 20.0. The predicted octanol–water partition coefficient (Wildman–Crippen LogP) is 4.14. The lowest BCUT2D eigenvalue weighted by Crippen LogP contribution is -2.49. The molecule has 0 radical (unpaired) electrons. The number of anilines is 1. The molecule has 3 aromatic rings. The summed E-state index contributed by atoms with van der Waals surface area (Å²) in [5.41, 5.74) is 3.96. The Morgan fingerprint density at radius 2 is 1.88 bits per heavy atom. The van der Waals surface area contributed by atoms with E-state index in [1.807, 2.05) is 18.5 Å². The van der Waals surface area contributed by atoms with Crippen molar-refractivity contribution in [2.45, 2.75) is 52.0 Å². The van der Waals surface area contributed by atoms with Crippen molar-refractivity contribution in [3.8, 4) is 0 Å². The van der Waals surface area contributed by atoms with E-state index >= 15 is 0 Å². The SMILES string of the molecule is Cc1cccc(Cc2cncc(C3CCCN3C(=O)C3(C)CCN(c4ncccn4)CC3)n2)c1. The number of likely N-dealkylation sites (tertiary alicyclic amines) is 1. The van der Waals surface area contributed by atoms with Crippen molar-refractivity contribution in [2.24, 2.45) is 5.41 Å². The molecule has 34 heavy (non-hydrogen) atoms. The lowest BCUT2D eigenvalue weighted by atomic mass is 9.79. The van der Waals surface area contributed by atoms with E-state index < -0.39 is 0 Å². The molecule has 0 saturated carbocycles. The van der Waals surface area contributed by atoms with Crippen LogP contribution in [0.25, 0.3) is 0 Å². The standard InChI is InChI=1S/C27H32N6O/c1-20-6-3-7-21(16-20)17-22-18-28-19-23(31-22)24-8-4-13-33(24)25(34)27(2)9-14-32(15-10-27)26-29-11-5-12-30-26/h3,5-7,11-12,16,18-19,24H,4,8-10,13-15,17H2,1-2H3. The van der Waals surface area contributed by atoms with Gasteiger partial charge in [0, 0.05) is 50.1 Å². The number of aryl methyl sites for hydroxylation is 1. The van der Waals surface area contributed by atoms with Gasteiger partial charge >= 0.3 is 0 Å². The number of hydrogen-bond donors (Lipinski definition) is 0. The minimum atomic E-state index is -0.375. The van der Waals surface area contributed by atoms with Crippen LogP contribution in [0.2, 0.25) is 0 Å². The van der Waals surface area contributed by atoms with Crippen LogP contribution in [-0.2, 0) is 11.2 Å². The third-order valence-corrected chi connectivity index (χ3v) is 7.24. The van der Waals surface area contributed by atoms with Gasteiger partial charge in [0.15, 0.2) is 0 Å². The summed E-state index contributed by atoms with van der Waals surface area (Å²) in [7, 11) is 0. The van der Waals surface area contributed by atoms with Gasteiger partial charge in [0.1, 0.15) is 0 Å². The quantitative estimate of drug-likeness (QED) is 0.575. The third-order valence-electron chi connectivity index (χ3n) is 7.24. The molecule has 0 spiro atoms. The molecule has 0 N–H and O–H groups in total. The largest absolute Gasteiger partial charge is 0.341 e. The summed E-state index contributed by atoms with van der Waals surface area (Å²) in [5.74, 6) is 0.992. The zero-order chi connectivity index (χ0) is 23.5. The van der Waals surface area contributed by atoms with E-state index in [0.717, 1.165) is 69.1 Å². The van der Waals surface area contributed by atoms with Gasteiger partial charge in [-0.25, -0.2) is 9.97 Å². The van der Waals surface area contributed by atoms with Gasteiger partial charge < -0.3 is 9.80 Å². The van der Waals surface area contributed by atoms with Gasteiger partial charge in [-0.15, -0.1) is 0 Å². The van der Waals surface area contributed by atoms with Crippen molar-refractivity contribution in [2.75, 3.05) is 24.5 Å². The van der Waals surface area contributed by atoms with E-state index in [1.165, 1.54) is 11.1 Å². The molecule has 2 aliphatic heterocycles. The first-order chi connectivity index (χ1) is 16.5. The average molecular weight is 457 g/mol. The molecule has 2 aromatic heterocycles. The second-order valence-electron chi connectivity index (χ2n) is 9.85. The monoisotopic (exact) mass is 456 g/mol. The second-order valence-corrected chi connectivity index (χ2v) is 9.85. The number of rotatable bonds is 5. The number of piperidine rings is 1. The summed E-state index contributed by atoms with van der Waals surface area (Å²) in [4.78, 5) is 36.2. The van der Waals surface area contributed by atoms with Crippen LogP contribution in [0, 0.1) is 12.3 Å². The van der Waals surface area contributed by atoms with Crippen molar-refractivity contribution < 1.29 is 4.79 Å². The zero-order valence-corrected chi connectivity index (χ0v) is 20.0. The summed E-state index contributed by atoms with van der Waals surface area (Å²) in [5, 5.41) is 0. The van der Waals surface area contributed by atoms with Crippen molar-refractivity contribution >= 4 is 11.9 Å². The number of nitrogens with zero attached hydrogens (tertiary/aromatic N) is 6. The molecule has 7 nitrogen and oxygen atoms in total. The number of benzene rings is 1. The Morgan fingerprint density at radius 3 is 2.65 bits per heavy atom. The lowest BCUT2D eigenvalue weighted by Gasteiger charge is -2.41. The molecule has 4 heterocycles. The Hall–Kier alpha value is -3.35. The van der Waals surface area contributed by atoms with Gasteiger partial charge in [0.2, 0.25) is 11.9 Å². The highest BCUT2D eigenvalue weighted by Gasteiger charge is 2.43. The van der Waals surface area contributed by atoms with Crippen LogP contribution in [0.5, 0.6) is 0 Å². The molecular formula is C27H32N6O. The first-order valence-electron chi connectivity index (χ1n) is 12.2. The van der Waals surface area contributed by atoms with E-state index in [-0.39, 0.29) is 17.4 Å². The van der Waals surface area contributed by atoms with Crippen LogP contribution < -0.4 is 4.90 Å². The fourth-order valence-corrected chi connectivity index (χ4v) is 5.23. The average Bonchev–Trinajstić information content (AvgIpc) is 3.35. The van der Waals surface area contributed by atoms with Crippen molar-refractivity contribution in [1.29, 1.82) is 0 Å². The minimum absolute atomic E-state index is 0.00442. The van der Waals surface area contributed by atoms with E-state index in [9.17, 15) is 4.79 Å². The van der Waals surface area contributed by atoms with E-state index in [1.54, 1.807) is 12.4 Å². The number of aromatic nitrogens is 4. The van der Waals surface area contributed by atoms with Crippen molar-refractivity contribution in [3.63, 3.8) is 0 Å². The van der Waals surface area contributed by atoms with E-state index in [4.69, 9.17) is 4.98 Å². The van der Waals surface area contributed by atoms with Gasteiger partial charge in [-0.3, -0.25) is 14.8 Å². The molecule has 7 heteroatoms. The fraction of sp³-hybridized carbons (Fsp3) is 0.444. The second kappa shape index (κ2) is 9.49. The van der Waals surface area contributed by atoms with Crippen LogP contribution in [0.4, 0.5) is 5.95 Å². The topological polar surface area (TPSA) is 75.1 Å². The summed E-state index contributed by atoms with van der Waals surface area (Å²) >= 11 is 0. The van der Waals surface area contributed by atoms with Gasteiger partial charge in [-0.2, -0.15) is 0 Å². The highest BCUT2D eigenvalue weighted by atomic mass is 16.2. The van der Waals surface area contributed by atoms with Gasteiger partial charge in [-0.1, -0.05) is 36.8 Å². The molecule has 1 amide bonds. The molecule has 2 aliphatic rings. The summed E-state index contributed by atoms with van der Waals surface area (Å²) in [6.45, 7) is 6.58. The molecule has 0 aliphatic carbocycles. The highest BCUT2D eigenvalue weighted by Crippen LogP contribution is 2.39.